The van der Waals surface area contributed by atoms with Crippen molar-refractivity contribution in [2.75, 3.05) is 0 Å². The van der Waals surface area contributed by atoms with E-state index in [0.717, 1.165) is 12.1 Å². The normalized spacial score (nSPS) is 11.8. The van der Waals surface area contributed by atoms with E-state index < -0.39 is 11.7 Å². The molecule has 2 heterocycles. The van der Waals surface area contributed by atoms with Gasteiger partial charge in [0.05, 0.1) is 11.3 Å². The van der Waals surface area contributed by atoms with Crippen molar-refractivity contribution in [3.63, 3.8) is 0 Å². The Labute approximate surface area is 113 Å². The van der Waals surface area contributed by atoms with Gasteiger partial charge in [0.2, 0.25) is 0 Å². The number of aryl methyl sites for hydroxylation is 1. The molecule has 0 N–H and O–H groups in total. The number of rotatable bonds is 3. The minimum absolute atomic E-state index is 0.167. The molecule has 7 heteroatoms. The first-order valence-corrected chi connectivity index (χ1v) is 6.01. The Morgan fingerprint density at radius 1 is 1.32 bits per heavy atom. The SMILES string of the molecule is CCn1ccnc1Cc1cc(C(F)(F)F)cc(Cl)n1. The van der Waals surface area contributed by atoms with Gasteiger partial charge in [0.1, 0.15) is 11.0 Å². The maximum atomic E-state index is 12.7. The molecular formula is C12H11ClF3N3. The van der Waals surface area contributed by atoms with Crippen LogP contribution in [-0.4, -0.2) is 14.5 Å². The number of halogens is 4. The first kappa shape index (κ1) is 13.9. The van der Waals surface area contributed by atoms with Gasteiger partial charge in [-0.1, -0.05) is 11.6 Å². The number of aromatic nitrogens is 3. The Kier molecular flexibility index (Phi) is 3.80. The van der Waals surface area contributed by atoms with Crippen LogP contribution in [0.2, 0.25) is 5.15 Å². The Morgan fingerprint density at radius 3 is 2.68 bits per heavy atom. The molecule has 0 aliphatic rings. The molecule has 2 rings (SSSR count). The molecule has 2 aromatic heterocycles. The maximum absolute atomic E-state index is 12.7. The number of hydrogen-bond acceptors (Lipinski definition) is 2. The van der Waals surface area contributed by atoms with E-state index in [1.807, 2.05) is 11.5 Å². The second kappa shape index (κ2) is 5.21. The van der Waals surface area contributed by atoms with Gasteiger partial charge in [-0.2, -0.15) is 13.2 Å². The average Bonchev–Trinajstić information content (AvgIpc) is 2.74. The van der Waals surface area contributed by atoms with E-state index in [2.05, 4.69) is 9.97 Å². The smallest absolute Gasteiger partial charge is 0.335 e. The Balaban J connectivity index is 2.33. The molecule has 2 aromatic rings. The molecule has 0 amide bonds. The summed E-state index contributed by atoms with van der Waals surface area (Å²) < 4.78 is 39.8. The molecule has 0 saturated carbocycles. The highest BCUT2D eigenvalue weighted by Gasteiger charge is 2.31. The topological polar surface area (TPSA) is 30.7 Å². The molecular weight excluding hydrogens is 279 g/mol. The summed E-state index contributed by atoms with van der Waals surface area (Å²) in [7, 11) is 0. The van der Waals surface area contributed by atoms with Crippen molar-refractivity contribution in [3.8, 4) is 0 Å². The second-order valence-corrected chi connectivity index (χ2v) is 4.36. The largest absolute Gasteiger partial charge is 0.416 e. The summed E-state index contributed by atoms with van der Waals surface area (Å²) in [5, 5.41) is -0.167. The lowest BCUT2D eigenvalue weighted by molar-refractivity contribution is -0.137. The van der Waals surface area contributed by atoms with E-state index in [4.69, 9.17) is 11.6 Å². The zero-order chi connectivity index (χ0) is 14.0. The third-order valence-corrected chi connectivity index (χ3v) is 2.85. The van der Waals surface area contributed by atoms with Crippen LogP contribution in [0.4, 0.5) is 13.2 Å². The zero-order valence-electron chi connectivity index (χ0n) is 10.1. The Bertz CT molecular complexity index is 578. The number of hydrogen-bond donors (Lipinski definition) is 0. The third-order valence-electron chi connectivity index (χ3n) is 2.66. The second-order valence-electron chi connectivity index (χ2n) is 3.97. The van der Waals surface area contributed by atoms with Gasteiger partial charge in [0, 0.05) is 25.4 Å². The lowest BCUT2D eigenvalue weighted by Crippen LogP contribution is -2.08. The molecule has 0 spiro atoms. The lowest BCUT2D eigenvalue weighted by Gasteiger charge is -2.09. The van der Waals surface area contributed by atoms with Crippen LogP contribution < -0.4 is 0 Å². The fourth-order valence-electron chi connectivity index (χ4n) is 1.76. The molecule has 0 radical (unpaired) electrons. The van der Waals surface area contributed by atoms with Crippen LogP contribution in [0.3, 0.4) is 0 Å². The predicted octanol–water partition coefficient (Wildman–Crippen LogP) is 3.56. The third kappa shape index (κ3) is 3.26. The predicted molar refractivity (Wildman–Crippen MR) is 65.0 cm³/mol. The summed E-state index contributed by atoms with van der Waals surface area (Å²) in [6, 6.07) is 1.82. The van der Waals surface area contributed by atoms with E-state index in [9.17, 15) is 13.2 Å². The van der Waals surface area contributed by atoms with Gasteiger partial charge in [0.25, 0.3) is 0 Å². The van der Waals surface area contributed by atoms with Crippen LogP contribution >= 0.6 is 11.6 Å². The van der Waals surface area contributed by atoms with Crippen molar-refractivity contribution in [2.24, 2.45) is 0 Å². The molecule has 0 aliphatic carbocycles. The van der Waals surface area contributed by atoms with Crippen molar-refractivity contribution in [1.82, 2.24) is 14.5 Å². The van der Waals surface area contributed by atoms with E-state index >= 15 is 0 Å². The lowest BCUT2D eigenvalue weighted by atomic mass is 10.2. The zero-order valence-corrected chi connectivity index (χ0v) is 10.8. The summed E-state index contributed by atoms with van der Waals surface area (Å²) in [4.78, 5) is 8.01. The van der Waals surface area contributed by atoms with Gasteiger partial charge < -0.3 is 4.57 Å². The first-order valence-electron chi connectivity index (χ1n) is 5.64. The number of pyridine rings is 1. The standard InChI is InChI=1S/C12H11ClF3N3/c1-2-19-4-3-17-11(19)7-9-5-8(12(14,15)16)6-10(13)18-9/h3-6H,2,7H2,1H3. The van der Waals surface area contributed by atoms with Gasteiger partial charge in [-0.3, -0.25) is 0 Å². The van der Waals surface area contributed by atoms with Crippen molar-refractivity contribution < 1.29 is 13.2 Å². The van der Waals surface area contributed by atoms with Gasteiger partial charge in [0.15, 0.2) is 0 Å². The maximum Gasteiger partial charge on any atom is 0.416 e. The van der Waals surface area contributed by atoms with Crippen molar-refractivity contribution in [1.29, 1.82) is 0 Å². The summed E-state index contributed by atoms with van der Waals surface area (Å²) in [6.45, 7) is 2.62. The van der Waals surface area contributed by atoms with E-state index in [-0.39, 0.29) is 17.3 Å². The van der Waals surface area contributed by atoms with Crippen molar-refractivity contribution in [3.05, 3.63) is 46.8 Å². The van der Waals surface area contributed by atoms with Crippen LogP contribution in [-0.2, 0) is 19.1 Å². The molecule has 0 aliphatic heterocycles. The van der Waals surface area contributed by atoms with Crippen molar-refractivity contribution >= 4 is 11.6 Å². The van der Waals surface area contributed by atoms with Crippen LogP contribution in [0.1, 0.15) is 24.0 Å². The molecule has 102 valence electrons. The van der Waals surface area contributed by atoms with E-state index in [1.165, 1.54) is 0 Å². The molecule has 19 heavy (non-hydrogen) atoms. The fourth-order valence-corrected chi connectivity index (χ4v) is 1.99. The summed E-state index contributed by atoms with van der Waals surface area (Å²) >= 11 is 5.63. The van der Waals surface area contributed by atoms with Crippen LogP contribution in [0, 0.1) is 0 Å². The highest BCUT2D eigenvalue weighted by Crippen LogP contribution is 2.31. The van der Waals surface area contributed by atoms with Gasteiger partial charge in [-0.05, 0) is 19.1 Å². The molecule has 0 saturated heterocycles. The highest BCUT2D eigenvalue weighted by atomic mass is 35.5. The number of alkyl halides is 3. The minimum atomic E-state index is -4.43. The van der Waals surface area contributed by atoms with Gasteiger partial charge >= 0.3 is 6.18 Å². The Hall–Kier alpha value is -1.56. The monoisotopic (exact) mass is 289 g/mol. The molecule has 0 unspecified atom stereocenters. The molecule has 0 aromatic carbocycles. The Morgan fingerprint density at radius 2 is 2.05 bits per heavy atom. The van der Waals surface area contributed by atoms with E-state index in [1.54, 1.807) is 12.4 Å². The summed E-state index contributed by atoms with van der Waals surface area (Å²) in [5.41, 5.74) is -0.544. The highest BCUT2D eigenvalue weighted by molar-refractivity contribution is 6.29. The van der Waals surface area contributed by atoms with Gasteiger partial charge in [-0.15, -0.1) is 0 Å². The first-order chi connectivity index (χ1) is 8.90. The molecule has 0 bridgehead atoms. The molecule has 0 fully saturated rings. The summed E-state index contributed by atoms with van der Waals surface area (Å²) in [6.07, 6.45) is -0.843. The number of nitrogens with zero attached hydrogens (tertiary/aromatic N) is 3. The average molecular weight is 290 g/mol. The quantitative estimate of drug-likeness (QED) is 0.809. The molecule has 3 nitrogen and oxygen atoms in total. The fraction of sp³-hybridized carbons (Fsp3) is 0.333. The van der Waals surface area contributed by atoms with E-state index in [0.29, 0.717) is 12.4 Å². The van der Waals surface area contributed by atoms with Crippen molar-refractivity contribution in [2.45, 2.75) is 26.1 Å². The summed E-state index contributed by atoms with van der Waals surface area (Å²) in [5.74, 6) is 0.658. The van der Waals surface area contributed by atoms with Crippen LogP contribution in [0.15, 0.2) is 24.5 Å². The number of imidazole rings is 1. The van der Waals surface area contributed by atoms with Crippen LogP contribution in [0.25, 0.3) is 0 Å². The van der Waals surface area contributed by atoms with Gasteiger partial charge in [-0.25, -0.2) is 9.97 Å². The van der Waals surface area contributed by atoms with Crippen LogP contribution in [0.5, 0.6) is 0 Å². The molecule has 0 atom stereocenters. The minimum Gasteiger partial charge on any atom is -0.335 e.